The number of alkyl halides is 3. The topological polar surface area (TPSA) is 92.8 Å². The molecular weight excluding hydrogens is 507 g/mol. The van der Waals surface area contributed by atoms with Gasteiger partial charge in [0.25, 0.3) is 0 Å². The normalized spacial score (nSPS) is 11.1. The average Bonchev–Trinajstić information content (AvgIpc) is 3.39. The predicted molar refractivity (Wildman–Crippen MR) is 136 cm³/mol. The molecule has 5 rings (SSSR count). The first-order valence-electron chi connectivity index (χ1n) is 11.8. The molecule has 39 heavy (non-hydrogen) atoms. The highest BCUT2D eigenvalue weighted by Crippen LogP contribution is 2.32. The van der Waals surface area contributed by atoms with Crippen molar-refractivity contribution in [2.24, 2.45) is 0 Å². The Labute approximate surface area is 221 Å². The van der Waals surface area contributed by atoms with E-state index in [-0.39, 0.29) is 12.5 Å². The maximum atomic E-state index is 13.5. The van der Waals surface area contributed by atoms with E-state index in [1.54, 1.807) is 41.0 Å². The number of anilines is 2. The van der Waals surface area contributed by atoms with Gasteiger partial charge in [0, 0.05) is 11.9 Å². The summed E-state index contributed by atoms with van der Waals surface area (Å²) < 4.78 is 48.0. The summed E-state index contributed by atoms with van der Waals surface area (Å²) in [6.07, 6.45) is -2.02. The fraction of sp³-hybridized carbons (Fsp3) is 0.107. The third-order valence-corrected chi connectivity index (χ3v) is 5.73. The Morgan fingerprint density at radius 1 is 0.897 bits per heavy atom. The van der Waals surface area contributed by atoms with E-state index >= 15 is 0 Å². The molecule has 2 heterocycles. The lowest BCUT2D eigenvalue weighted by atomic mass is 10.1. The van der Waals surface area contributed by atoms with Crippen molar-refractivity contribution in [1.29, 1.82) is 5.26 Å². The van der Waals surface area contributed by atoms with Gasteiger partial charge in [0.05, 0.1) is 24.7 Å². The average molecular weight is 528 g/mol. The summed E-state index contributed by atoms with van der Waals surface area (Å²) >= 11 is 0. The molecule has 0 spiro atoms. The van der Waals surface area contributed by atoms with Gasteiger partial charge in [-0.2, -0.15) is 18.4 Å². The summed E-state index contributed by atoms with van der Waals surface area (Å²) in [7, 11) is 0. The van der Waals surface area contributed by atoms with Gasteiger partial charge in [-0.05, 0) is 60.2 Å². The summed E-state index contributed by atoms with van der Waals surface area (Å²) in [6.45, 7) is 0.436. The number of nitriles is 1. The minimum atomic E-state index is -4.63. The lowest BCUT2D eigenvalue weighted by Crippen LogP contribution is -2.23. The number of rotatable bonds is 8. The van der Waals surface area contributed by atoms with Crippen LogP contribution in [-0.2, 0) is 19.3 Å². The molecule has 0 saturated heterocycles. The standard InChI is InChI=1S/C28H20F3N7O/c29-28(30,31)25-14-15-33-27(35-25)38(22-10-12-24(13-11-22)39-23-4-2-1-3-5-23)18-26-36-34-19-37(26)17-21-8-6-20(16-32)7-9-21/h1-15,19H,17-18H2. The molecule has 194 valence electrons. The molecule has 0 amide bonds. The third kappa shape index (κ3) is 6.19. The molecule has 0 fully saturated rings. The highest BCUT2D eigenvalue weighted by atomic mass is 19.4. The predicted octanol–water partition coefficient (Wildman–Crippen LogP) is 6.14. The van der Waals surface area contributed by atoms with E-state index in [1.165, 1.54) is 11.2 Å². The third-order valence-electron chi connectivity index (χ3n) is 5.73. The number of benzene rings is 3. The first-order chi connectivity index (χ1) is 18.9. The monoisotopic (exact) mass is 527 g/mol. The second kappa shape index (κ2) is 11.0. The summed E-state index contributed by atoms with van der Waals surface area (Å²) in [5, 5.41) is 17.2. The maximum absolute atomic E-state index is 13.5. The molecular formula is C28H20F3N7O. The number of hydrogen-bond donors (Lipinski definition) is 0. The van der Waals surface area contributed by atoms with Crippen molar-refractivity contribution in [3.63, 3.8) is 0 Å². The second-order valence-corrected chi connectivity index (χ2v) is 8.42. The Morgan fingerprint density at radius 2 is 1.62 bits per heavy atom. The fourth-order valence-electron chi connectivity index (χ4n) is 3.79. The smallest absolute Gasteiger partial charge is 0.433 e. The largest absolute Gasteiger partial charge is 0.457 e. The van der Waals surface area contributed by atoms with Crippen molar-refractivity contribution < 1.29 is 17.9 Å². The second-order valence-electron chi connectivity index (χ2n) is 8.42. The van der Waals surface area contributed by atoms with Gasteiger partial charge in [-0.1, -0.05) is 30.3 Å². The maximum Gasteiger partial charge on any atom is 0.433 e. The van der Waals surface area contributed by atoms with Crippen LogP contribution < -0.4 is 9.64 Å². The van der Waals surface area contributed by atoms with Gasteiger partial charge in [0.15, 0.2) is 5.82 Å². The van der Waals surface area contributed by atoms with Crippen molar-refractivity contribution in [3.8, 4) is 17.6 Å². The molecule has 0 unspecified atom stereocenters. The van der Waals surface area contributed by atoms with E-state index in [9.17, 15) is 13.2 Å². The van der Waals surface area contributed by atoms with Crippen LogP contribution in [0.15, 0.2) is 97.5 Å². The Hall–Kier alpha value is -5.24. The quantitative estimate of drug-likeness (QED) is 0.239. The van der Waals surface area contributed by atoms with Crippen molar-refractivity contribution >= 4 is 11.6 Å². The van der Waals surface area contributed by atoms with Crippen LogP contribution in [0, 0.1) is 11.3 Å². The molecule has 0 atom stereocenters. The van der Waals surface area contributed by atoms with E-state index in [1.807, 2.05) is 42.5 Å². The fourth-order valence-corrected chi connectivity index (χ4v) is 3.79. The van der Waals surface area contributed by atoms with Gasteiger partial charge in [-0.3, -0.25) is 0 Å². The minimum absolute atomic E-state index is 0.0382. The molecule has 0 radical (unpaired) electrons. The van der Waals surface area contributed by atoms with Crippen LogP contribution in [0.2, 0.25) is 0 Å². The lowest BCUT2D eigenvalue weighted by molar-refractivity contribution is -0.141. The molecule has 0 saturated carbocycles. The summed E-state index contributed by atoms with van der Waals surface area (Å²) in [5.74, 6) is 1.54. The molecule has 0 N–H and O–H groups in total. The Morgan fingerprint density at radius 3 is 2.31 bits per heavy atom. The molecule has 8 nitrogen and oxygen atoms in total. The van der Waals surface area contributed by atoms with Crippen LogP contribution in [0.5, 0.6) is 11.5 Å². The molecule has 0 aliphatic rings. The van der Waals surface area contributed by atoms with Crippen LogP contribution in [0.3, 0.4) is 0 Å². The van der Waals surface area contributed by atoms with Gasteiger partial charge >= 0.3 is 6.18 Å². The van der Waals surface area contributed by atoms with Gasteiger partial charge in [-0.25, -0.2) is 9.97 Å². The van der Waals surface area contributed by atoms with Crippen LogP contribution in [-0.4, -0.2) is 24.7 Å². The molecule has 11 heteroatoms. The van der Waals surface area contributed by atoms with Crippen LogP contribution >= 0.6 is 0 Å². The Balaban J connectivity index is 1.46. The summed E-state index contributed by atoms with van der Waals surface area (Å²) in [4.78, 5) is 9.45. The molecule has 0 bridgehead atoms. The van der Waals surface area contributed by atoms with Gasteiger partial charge in [0.2, 0.25) is 5.95 Å². The van der Waals surface area contributed by atoms with Gasteiger partial charge < -0.3 is 14.2 Å². The molecule has 2 aromatic heterocycles. The zero-order chi connectivity index (χ0) is 27.2. The number of ether oxygens (including phenoxy) is 1. The lowest BCUT2D eigenvalue weighted by Gasteiger charge is -2.23. The van der Waals surface area contributed by atoms with Crippen LogP contribution in [0.25, 0.3) is 0 Å². The number of nitrogens with zero attached hydrogens (tertiary/aromatic N) is 7. The summed E-state index contributed by atoms with van der Waals surface area (Å²) in [5.41, 5.74) is 0.915. The van der Waals surface area contributed by atoms with Gasteiger partial charge in [-0.15, -0.1) is 10.2 Å². The van der Waals surface area contributed by atoms with E-state index < -0.39 is 11.9 Å². The zero-order valence-electron chi connectivity index (χ0n) is 20.3. The summed E-state index contributed by atoms with van der Waals surface area (Å²) in [6, 6.07) is 26.0. The number of hydrogen-bond acceptors (Lipinski definition) is 7. The van der Waals surface area contributed by atoms with Crippen LogP contribution in [0.1, 0.15) is 22.6 Å². The Kier molecular flexibility index (Phi) is 7.18. The highest BCUT2D eigenvalue weighted by Gasteiger charge is 2.33. The van der Waals surface area contributed by atoms with E-state index in [4.69, 9.17) is 10.00 Å². The zero-order valence-corrected chi connectivity index (χ0v) is 20.3. The van der Waals surface area contributed by atoms with Crippen molar-refractivity contribution in [3.05, 3.63) is 120 Å². The highest BCUT2D eigenvalue weighted by molar-refractivity contribution is 5.58. The van der Waals surface area contributed by atoms with E-state index in [2.05, 4.69) is 26.2 Å². The Bertz CT molecular complexity index is 1580. The number of aromatic nitrogens is 5. The van der Waals surface area contributed by atoms with Crippen molar-refractivity contribution in [1.82, 2.24) is 24.7 Å². The first-order valence-corrected chi connectivity index (χ1v) is 11.8. The van der Waals surface area contributed by atoms with E-state index in [0.717, 1.165) is 17.8 Å². The molecule has 5 aromatic rings. The van der Waals surface area contributed by atoms with E-state index in [0.29, 0.717) is 35.1 Å². The van der Waals surface area contributed by atoms with Crippen LogP contribution in [0.4, 0.5) is 24.8 Å². The molecule has 3 aromatic carbocycles. The van der Waals surface area contributed by atoms with Gasteiger partial charge in [0.1, 0.15) is 23.5 Å². The minimum Gasteiger partial charge on any atom is -0.457 e. The molecule has 0 aliphatic carbocycles. The SMILES string of the molecule is N#Cc1ccc(Cn2cnnc2CN(c2ccc(Oc3ccccc3)cc2)c2nccc(C(F)(F)F)n2)cc1. The van der Waals surface area contributed by atoms with Crippen molar-refractivity contribution in [2.45, 2.75) is 19.3 Å². The number of para-hydroxylation sites is 1. The van der Waals surface area contributed by atoms with Crippen molar-refractivity contribution in [2.75, 3.05) is 4.90 Å². The molecule has 0 aliphatic heterocycles. The number of halogens is 3. The first kappa shape index (κ1) is 25.4.